The molecule has 0 radical (unpaired) electrons. The maximum Gasteiger partial charge on any atom is 0.519 e. The van der Waals surface area contributed by atoms with Crippen molar-refractivity contribution in [3.63, 3.8) is 0 Å². The van der Waals surface area contributed by atoms with E-state index in [0.29, 0.717) is 19.5 Å². The molecule has 0 aromatic rings. The molecule has 0 spiro atoms. The molecule has 0 aromatic carbocycles. The summed E-state index contributed by atoms with van der Waals surface area (Å²) in [6.07, 6.45) is -1.34. The minimum absolute atomic E-state index is 0.133. The maximum atomic E-state index is 11.2. The third kappa shape index (κ3) is 40.0. The zero-order chi connectivity index (χ0) is 36.6. The lowest BCUT2D eigenvalue weighted by molar-refractivity contribution is -0.152. The monoisotopic (exact) mass is 668 g/mol. The second-order valence-electron chi connectivity index (χ2n) is 12.1. The van der Waals surface area contributed by atoms with Gasteiger partial charge in [-0.25, -0.2) is 14.4 Å². The van der Waals surface area contributed by atoms with Crippen molar-refractivity contribution in [2.75, 3.05) is 26.3 Å². The number of amides is 1. The van der Waals surface area contributed by atoms with Crippen molar-refractivity contribution in [3.05, 3.63) is 0 Å². The third-order valence-corrected chi connectivity index (χ3v) is 3.86. The quantitative estimate of drug-likeness (QED) is 0.119. The van der Waals surface area contributed by atoms with Gasteiger partial charge in [0, 0.05) is 13.2 Å². The second kappa shape index (κ2) is 24.3. The van der Waals surface area contributed by atoms with Crippen LogP contribution in [0.25, 0.3) is 0 Å². The highest BCUT2D eigenvalue weighted by molar-refractivity contribution is 5.92. The van der Waals surface area contributed by atoms with E-state index in [1.165, 1.54) is 0 Å². The molecule has 0 atom stereocenters. The molecule has 1 aliphatic heterocycles. The van der Waals surface area contributed by atoms with Gasteiger partial charge in [0.25, 0.3) is 0 Å². The van der Waals surface area contributed by atoms with Crippen LogP contribution in [0.1, 0.15) is 101 Å². The summed E-state index contributed by atoms with van der Waals surface area (Å²) in [4.78, 5) is 74.5. The van der Waals surface area contributed by atoms with Crippen molar-refractivity contribution in [2.45, 2.75) is 118 Å². The number of rotatable bonds is 9. The van der Waals surface area contributed by atoms with E-state index in [-0.39, 0.29) is 38.9 Å². The molecule has 0 saturated carbocycles. The molecule has 5 N–H and O–H groups in total. The number of hydrogen-bond acceptors (Lipinski definition) is 15. The molecule has 0 bridgehead atoms. The smallest absolute Gasteiger partial charge is 0.481 e. The number of aliphatic carboxylic acids is 1. The fourth-order valence-corrected chi connectivity index (χ4v) is 2.18. The largest absolute Gasteiger partial charge is 0.519 e. The van der Waals surface area contributed by atoms with Crippen LogP contribution in [-0.4, -0.2) is 95.6 Å². The van der Waals surface area contributed by atoms with E-state index >= 15 is 0 Å². The number of nitrogens with one attached hydrogen (secondary N) is 1. The van der Waals surface area contributed by atoms with Crippen molar-refractivity contribution in [1.29, 1.82) is 0 Å². The minimum Gasteiger partial charge on any atom is -0.481 e. The number of carbonyl (C=O) groups is 7. The summed E-state index contributed by atoms with van der Waals surface area (Å²) in [5.41, 5.74) is 3.04. The molecule has 1 fully saturated rings. The van der Waals surface area contributed by atoms with Gasteiger partial charge in [0.1, 0.15) is 16.8 Å². The van der Waals surface area contributed by atoms with E-state index in [1.54, 1.807) is 62.3 Å². The van der Waals surface area contributed by atoms with Gasteiger partial charge in [0.2, 0.25) is 0 Å². The summed E-state index contributed by atoms with van der Waals surface area (Å²) in [6, 6.07) is 0. The zero-order valence-electron chi connectivity index (χ0n) is 28.4. The van der Waals surface area contributed by atoms with E-state index in [4.69, 9.17) is 34.9 Å². The number of carboxylic acids is 1. The molecule has 46 heavy (non-hydrogen) atoms. The Morgan fingerprint density at radius 1 is 0.783 bits per heavy atom. The first-order chi connectivity index (χ1) is 20.9. The van der Waals surface area contributed by atoms with Crippen LogP contribution in [-0.2, 0) is 47.6 Å². The number of carbonyl (C=O) groups excluding carboxylic acids is 6. The number of alkyl carbamates (subject to hydrolysis) is 1. The standard InChI is InChI=1S/C12H21NO6.C10H18O5.C4H4O3.C3H9NO/c1-12(2,3)19-11(17)13-7-4-8-18-10(16)6-5-9(14)15;1-9(2,3)14-7(11)13-8(12)15-10(4,5)6;5-3-1-2-4(6)7-3;4-2-1-3-5/h4-8H2,1-3H3,(H,13,17)(H,14,15);1-6H3;1-2H2;5H,1-4H2. The van der Waals surface area contributed by atoms with Crippen LogP contribution in [0.3, 0.4) is 0 Å². The highest BCUT2D eigenvalue weighted by Crippen LogP contribution is 2.11. The number of esters is 3. The predicted molar refractivity (Wildman–Crippen MR) is 161 cm³/mol. The van der Waals surface area contributed by atoms with E-state index in [2.05, 4.69) is 14.8 Å². The molecule has 0 aromatic heterocycles. The van der Waals surface area contributed by atoms with Gasteiger partial charge in [-0.15, -0.1) is 0 Å². The molecule has 1 rings (SSSR count). The Labute approximate surface area is 269 Å². The molecule has 17 nitrogen and oxygen atoms in total. The Balaban J connectivity index is -0.000000600. The first kappa shape index (κ1) is 46.4. The number of ether oxygens (including phenoxy) is 6. The lowest BCUT2D eigenvalue weighted by atomic mass is 10.2. The average Bonchev–Trinajstić information content (AvgIpc) is 3.22. The van der Waals surface area contributed by atoms with Gasteiger partial charge in [-0.2, -0.15) is 0 Å². The Kier molecular flexibility index (Phi) is 24.5. The van der Waals surface area contributed by atoms with Gasteiger partial charge in [0.15, 0.2) is 0 Å². The predicted octanol–water partition coefficient (Wildman–Crippen LogP) is 3.36. The Bertz CT molecular complexity index is 919. The summed E-state index contributed by atoms with van der Waals surface area (Å²) in [5.74, 6) is -2.39. The summed E-state index contributed by atoms with van der Waals surface area (Å²) < 4.78 is 27.7. The fraction of sp³-hybridized carbons (Fsp3) is 0.759. The van der Waals surface area contributed by atoms with Crippen molar-refractivity contribution in [3.8, 4) is 0 Å². The zero-order valence-corrected chi connectivity index (χ0v) is 28.4. The summed E-state index contributed by atoms with van der Waals surface area (Å²) >= 11 is 0. The molecule has 1 heterocycles. The van der Waals surface area contributed by atoms with Crippen molar-refractivity contribution in [2.24, 2.45) is 5.73 Å². The second-order valence-corrected chi connectivity index (χ2v) is 12.1. The van der Waals surface area contributed by atoms with Crippen LogP contribution < -0.4 is 11.1 Å². The van der Waals surface area contributed by atoms with Gasteiger partial charge in [-0.1, -0.05) is 0 Å². The molecular formula is C29H52N2O15. The van der Waals surface area contributed by atoms with E-state index in [9.17, 15) is 33.6 Å². The molecule has 17 heteroatoms. The molecule has 1 amide bonds. The summed E-state index contributed by atoms with van der Waals surface area (Å²) in [6.45, 7) is 16.6. The lowest BCUT2D eigenvalue weighted by Crippen LogP contribution is -2.33. The van der Waals surface area contributed by atoms with E-state index < -0.39 is 59.1 Å². The number of carboxylic acid groups (broad SMARTS) is 1. The van der Waals surface area contributed by atoms with E-state index in [0.717, 1.165) is 6.42 Å². The SMILES string of the molecule is CC(C)(C)OC(=O)NCCCOC(=O)CCC(=O)O.CC(C)(C)OC(=O)OC(=O)OC(C)(C)C.NCCCO.O=C1CCC(=O)O1. The Morgan fingerprint density at radius 2 is 1.24 bits per heavy atom. The van der Waals surface area contributed by atoms with Gasteiger partial charge in [-0.05, 0) is 81.7 Å². The number of hydrogen-bond donors (Lipinski definition) is 4. The Morgan fingerprint density at radius 3 is 1.54 bits per heavy atom. The van der Waals surface area contributed by atoms with Gasteiger partial charge < -0.3 is 49.7 Å². The van der Waals surface area contributed by atoms with Crippen LogP contribution in [0.2, 0.25) is 0 Å². The van der Waals surface area contributed by atoms with Crippen molar-refractivity contribution in [1.82, 2.24) is 5.32 Å². The minimum atomic E-state index is -1.06. The third-order valence-electron chi connectivity index (χ3n) is 3.86. The number of nitrogens with two attached hydrogens (primary N) is 1. The average molecular weight is 669 g/mol. The summed E-state index contributed by atoms with van der Waals surface area (Å²) in [7, 11) is 0. The first-order valence-electron chi connectivity index (χ1n) is 14.4. The van der Waals surface area contributed by atoms with Gasteiger partial charge >= 0.3 is 42.3 Å². The summed E-state index contributed by atoms with van der Waals surface area (Å²) in [5, 5.41) is 18.9. The number of cyclic esters (lactones) is 2. The first-order valence-corrected chi connectivity index (χ1v) is 14.4. The Hall–Kier alpha value is -3.99. The molecule has 268 valence electrons. The molecule has 1 aliphatic rings. The van der Waals surface area contributed by atoms with Crippen molar-refractivity contribution < 1.29 is 72.2 Å². The molecule has 0 aliphatic carbocycles. The fourth-order valence-electron chi connectivity index (χ4n) is 2.18. The van der Waals surface area contributed by atoms with Crippen LogP contribution in [0.4, 0.5) is 14.4 Å². The number of aliphatic hydroxyl groups is 1. The highest BCUT2D eigenvalue weighted by Gasteiger charge is 2.24. The normalized spacial score (nSPS) is 12.2. The van der Waals surface area contributed by atoms with Crippen LogP contribution in [0, 0.1) is 0 Å². The maximum absolute atomic E-state index is 11.2. The topological polar surface area (TPSA) is 253 Å². The number of aliphatic hydroxyl groups excluding tert-OH is 1. The molecule has 0 unspecified atom stereocenters. The van der Waals surface area contributed by atoms with Crippen LogP contribution >= 0.6 is 0 Å². The van der Waals surface area contributed by atoms with Gasteiger partial charge in [-0.3, -0.25) is 19.2 Å². The van der Waals surface area contributed by atoms with Crippen molar-refractivity contribution >= 4 is 42.3 Å². The molecular weight excluding hydrogens is 616 g/mol. The van der Waals surface area contributed by atoms with Gasteiger partial charge in [0.05, 0.1) is 32.3 Å². The molecule has 1 saturated heterocycles. The van der Waals surface area contributed by atoms with Crippen LogP contribution in [0.5, 0.6) is 0 Å². The van der Waals surface area contributed by atoms with Crippen LogP contribution in [0.15, 0.2) is 0 Å². The highest BCUT2D eigenvalue weighted by atomic mass is 16.8. The van der Waals surface area contributed by atoms with E-state index in [1.807, 2.05) is 0 Å². The lowest BCUT2D eigenvalue weighted by Gasteiger charge is -2.20.